The first-order valence-electron chi connectivity index (χ1n) is 2.70. The third-order valence-electron chi connectivity index (χ3n) is 1.03. The number of hydrogen-bond donors (Lipinski definition) is 1. The van der Waals surface area contributed by atoms with Gasteiger partial charge in [-0.3, -0.25) is 0 Å². The molecule has 0 aromatic carbocycles. The summed E-state index contributed by atoms with van der Waals surface area (Å²) in [6.45, 7) is 6.04. The standard InChI is InChI=1S/C5H11NS2.Se/c1-3-6(4-2)5(7)8;/h3-4H2,1-2H3,(H,7,8);. The summed E-state index contributed by atoms with van der Waals surface area (Å²) < 4.78 is 0.690. The van der Waals surface area contributed by atoms with Crippen molar-refractivity contribution in [1.82, 2.24) is 4.90 Å². The molecular weight excluding hydrogens is 217 g/mol. The van der Waals surface area contributed by atoms with E-state index in [0.29, 0.717) is 4.32 Å². The van der Waals surface area contributed by atoms with Crippen LogP contribution in [0.2, 0.25) is 0 Å². The van der Waals surface area contributed by atoms with E-state index in [0.717, 1.165) is 13.1 Å². The van der Waals surface area contributed by atoms with E-state index in [9.17, 15) is 0 Å². The molecule has 0 amide bonds. The predicted molar refractivity (Wildman–Crippen MR) is 50.3 cm³/mol. The van der Waals surface area contributed by atoms with Gasteiger partial charge in [0, 0.05) is 30.2 Å². The van der Waals surface area contributed by atoms with Crippen LogP contribution in [0, 0.1) is 0 Å². The maximum absolute atomic E-state index is 4.81. The maximum Gasteiger partial charge on any atom is 0.133 e. The summed E-state index contributed by atoms with van der Waals surface area (Å²) in [5.41, 5.74) is 0. The van der Waals surface area contributed by atoms with Crippen molar-refractivity contribution in [2.24, 2.45) is 0 Å². The number of hydrogen-bond acceptors (Lipinski definition) is 1. The van der Waals surface area contributed by atoms with Gasteiger partial charge in [0.2, 0.25) is 0 Å². The Morgan fingerprint density at radius 1 is 1.44 bits per heavy atom. The number of thiocarbonyl (C=S) groups is 1. The van der Waals surface area contributed by atoms with Crippen molar-refractivity contribution in [3.05, 3.63) is 0 Å². The average Bonchev–Trinajstić information content (AvgIpc) is 1.69. The maximum atomic E-state index is 4.81. The largest absolute Gasteiger partial charge is 0.358 e. The van der Waals surface area contributed by atoms with Gasteiger partial charge in [-0.1, -0.05) is 12.2 Å². The van der Waals surface area contributed by atoms with E-state index in [4.69, 9.17) is 12.2 Å². The summed E-state index contributed by atoms with van der Waals surface area (Å²) in [6, 6.07) is 0. The van der Waals surface area contributed by atoms with Gasteiger partial charge in [0.05, 0.1) is 0 Å². The van der Waals surface area contributed by atoms with Crippen LogP contribution in [0.25, 0.3) is 0 Å². The van der Waals surface area contributed by atoms with Crippen molar-refractivity contribution < 1.29 is 0 Å². The molecule has 0 aliphatic rings. The molecule has 9 heavy (non-hydrogen) atoms. The zero-order chi connectivity index (χ0) is 6.57. The van der Waals surface area contributed by atoms with Gasteiger partial charge in [0.1, 0.15) is 4.32 Å². The molecule has 0 aromatic heterocycles. The van der Waals surface area contributed by atoms with Crippen molar-refractivity contribution in [2.45, 2.75) is 13.8 Å². The van der Waals surface area contributed by atoms with Gasteiger partial charge in [-0.15, -0.1) is 12.6 Å². The van der Waals surface area contributed by atoms with Crippen LogP contribution in [-0.4, -0.2) is 39.4 Å². The molecular formula is C5H11NS2Se. The molecule has 0 atom stereocenters. The van der Waals surface area contributed by atoms with Crippen LogP contribution in [0.15, 0.2) is 0 Å². The van der Waals surface area contributed by atoms with Gasteiger partial charge in [0.25, 0.3) is 0 Å². The van der Waals surface area contributed by atoms with Gasteiger partial charge in [-0.05, 0) is 13.8 Å². The molecule has 0 aliphatic carbocycles. The smallest absolute Gasteiger partial charge is 0.133 e. The summed E-state index contributed by atoms with van der Waals surface area (Å²) in [5, 5.41) is 0. The quantitative estimate of drug-likeness (QED) is 0.429. The molecule has 0 saturated heterocycles. The summed E-state index contributed by atoms with van der Waals surface area (Å²) in [7, 11) is 0. The first kappa shape index (κ1) is 12.4. The fourth-order valence-electron chi connectivity index (χ4n) is 0.494. The van der Waals surface area contributed by atoms with E-state index in [1.165, 1.54) is 0 Å². The molecule has 54 valence electrons. The summed E-state index contributed by atoms with van der Waals surface area (Å²) in [4.78, 5) is 2.01. The van der Waals surface area contributed by atoms with Crippen molar-refractivity contribution in [1.29, 1.82) is 0 Å². The van der Waals surface area contributed by atoms with Gasteiger partial charge < -0.3 is 4.90 Å². The number of nitrogens with zero attached hydrogens (tertiary/aromatic N) is 1. The Labute approximate surface area is 78.1 Å². The van der Waals surface area contributed by atoms with E-state index in [-0.39, 0.29) is 17.1 Å². The predicted octanol–water partition coefficient (Wildman–Crippen LogP) is 1.16. The molecule has 2 radical (unpaired) electrons. The SMILES string of the molecule is CCN(CC)C(=S)S.[Se]. The Hall–Kier alpha value is 0.759. The molecule has 0 unspecified atom stereocenters. The Balaban J connectivity index is 0. The molecule has 0 heterocycles. The summed E-state index contributed by atoms with van der Waals surface area (Å²) >= 11 is 8.82. The topological polar surface area (TPSA) is 3.24 Å². The van der Waals surface area contributed by atoms with E-state index in [1.54, 1.807) is 0 Å². The minimum atomic E-state index is 0. The van der Waals surface area contributed by atoms with Crippen LogP contribution < -0.4 is 0 Å². The molecule has 0 N–H and O–H groups in total. The second kappa shape index (κ2) is 6.87. The minimum absolute atomic E-state index is 0. The normalized spacial score (nSPS) is 7.89. The third-order valence-corrected chi connectivity index (χ3v) is 1.58. The Morgan fingerprint density at radius 2 is 1.78 bits per heavy atom. The Bertz CT molecular complexity index is 83.0. The van der Waals surface area contributed by atoms with Gasteiger partial charge in [0.15, 0.2) is 0 Å². The molecule has 4 heteroatoms. The van der Waals surface area contributed by atoms with Crippen LogP contribution in [-0.2, 0) is 0 Å². The molecule has 0 bridgehead atoms. The second-order valence-electron chi connectivity index (χ2n) is 1.45. The molecule has 0 rings (SSSR count). The van der Waals surface area contributed by atoms with E-state index >= 15 is 0 Å². The molecule has 0 fully saturated rings. The molecule has 0 aromatic rings. The van der Waals surface area contributed by atoms with Crippen molar-refractivity contribution in [2.75, 3.05) is 13.1 Å². The zero-order valence-electron chi connectivity index (χ0n) is 5.63. The Morgan fingerprint density at radius 3 is 1.78 bits per heavy atom. The molecule has 1 nitrogen and oxygen atoms in total. The Kier molecular flexibility index (Phi) is 9.50. The minimum Gasteiger partial charge on any atom is -0.358 e. The first-order chi connectivity index (χ1) is 3.72. The van der Waals surface area contributed by atoms with E-state index in [1.807, 2.05) is 4.90 Å². The van der Waals surface area contributed by atoms with Gasteiger partial charge in [-0.25, -0.2) is 0 Å². The average molecular weight is 228 g/mol. The van der Waals surface area contributed by atoms with Crippen LogP contribution in [0.3, 0.4) is 0 Å². The number of rotatable bonds is 2. The zero-order valence-corrected chi connectivity index (χ0v) is 9.05. The summed E-state index contributed by atoms with van der Waals surface area (Å²) in [5.74, 6) is 0. The third kappa shape index (κ3) is 5.22. The van der Waals surface area contributed by atoms with E-state index in [2.05, 4.69) is 26.5 Å². The fraction of sp³-hybridized carbons (Fsp3) is 0.800. The monoisotopic (exact) mass is 229 g/mol. The molecule has 0 spiro atoms. The van der Waals surface area contributed by atoms with Crippen molar-refractivity contribution >= 4 is 46.2 Å². The van der Waals surface area contributed by atoms with Gasteiger partial charge in [-0.2, -0.15) is 0 Å². The van der Waals surface area contributed by atoms with Crippen molar-refractivity contribution in [3.63, 3.8) is 0 Å². The van der Waals surface area contributed by atoms with Crippen LogP contribution in [0.4, 0.5) is 0 Å². The van der Waals surface area contributed by atoms with Crippen LogP contribution in [0.5, 0.6) is 0 Å². The molecule has 0 saturated carbocycles. The van der Waals surface area contributed by atoms with Crippen molar-refractivity contribution in [3.8, 4) is 0 Å². The number of thiol groups is 1. The summed E-state index contributed by atoms with van der Waals surface area (Å²) in [6.07, 6.45) is 0. The van der Waals surface area contributed by atoms with Gasteiger partial charge >= 0.3 is 0 Å². The molecule has 0 aliphatic heterocycles. The first-order valence-corrected chi connectivity index (χ1v) is 3.55. The van der Waals surface area contributed by atoms with E-state index < -0.39 is 0 Å². The second-order valence-corrected chi connectivity index (χ2v) is 2.57. The van der Waals surface area contributed by atoms with Crippen LogP contribution >= 0.6 is 24.8 Å². The van der Waals surface area contributed by atoms with Crippen LogP contribution in [0.1, 0.15) is 13.8 Å². The fourth-order valence-corrected chi connectivity index (χ4v) is 1.04.